The van der Waals surface area contributed by atoms with Gasteiger partial charge in [0.2, 0.25) is 5.91 Å². The Morgan fingerprint density at radius 3 is 0.840 bits per heavy atom. The van der Waals surface area contributed by atoms with Gasteiger partial charge >= 0.3 is 23.9 Å². The van der Waals surface area contributed by atoms with Crippen LogP contribution in [0.4, 0.5) is 0 Å². The maximum Gasteiger partial charge on any atom is 0.305 e. The number of nitrogens with zero attached hydrogens (tertiary/aromatic N) is 1. The van der Waals surface area contributed by atoms with Crippen molar-refractivity contribution in [2.24, 2.45) is 0 Å². The molecule has 0 unspecified atom stereocenters. The number of carboxylic acids is 1. The van der Waals surface area contributed by atoms with Crippen molar-refractivity contribution in [2.45, 2.75) is 322 Å². The molecule has 0 aliphatic heterocycles. The van der Waals surface area contributed by atoms with E-state index in [9.17, 15) is 29.1 Å². The number of carbonyl (C=O) groups is 5. The minimum absolute atomic E-state index is 0.168. The van der Waals surface area contributed by atoms with Gasteiger partial charge in [-0.1, -0.05) is 218 Å². The van der Waals surface area contributed by atoms with Crippen LogP contribution in [0.25, 0.3) is 0 Å². The Balaban J connectivity index is 5.52. The molecule has 0 saturated heterocycles. The van der Waals surface area contributed by atoms with Crippen molar-refractivity contribution in [3.8, 4) is 0 Å². The van der Waals surface area contributed by atoms with E-state index in [0.29, 0.717) is 25.7 Å². The molecule has 75 heavy (non-hydrogen) atoms. The molecule has 1 N–H and O–H groups in total. The van der Waals surface area contributed by atoms with Gasteiger partial charge in [-0.2, -0.15) is 0 Å². The van der Waals surface area contributed by atoms with Crippen LogP contribution in [0.5, 0.6) is 0 Å². The van der Waals surface area contributed by atoms with Crippen molar-refractivity contribution < 1.29 is 43.3 Å². The second kappa shape index (κ2) is 55.3. The van der Waals surface area contributed by atoms with E-state index in [2.05, 4.69) is 57.2 Å². The fourth-order valence-corrected chi connectivity index (χ4v) is 9.44. The topological polar surface area (TPSA) is 137 Å². The Morgan fingerprint density at radius 1 is 0.333 bits per heavy atom. The summed E-state index contributed by atoms with van der Waals surface area (Å²) >= 11 is 0. The summed E-state index contributed by atoms with van der Waals surface area (Å²) in [5.74, 6) is -2.93. The van der Waals surface area contributed by atoms with Crippen LogP contribution in [-0.2, 0) is 38.2 Å². The monoisotopic (exact) mass is 1060 g/mol. The summed E-state index contributed by atoms with van der Waals surface area (Å²) in [5.41, 5.74) is -1.53. The maximum absolute atomic E-state index is 13.9. The third-order valence-corrected chi connectivity index (χ3v) is 14.3. The minimum atomic E-state index is -1.53. The molecule has 0 atom stereocenters. The van der Waals surface area contributed by atoms with Crippen molar-refractivity contribution in [1.82, 2.24) is 4.90 Å². The minimum Gasteiger partial charge on any atom is -0.481 e. The number of carbonyl (C=O) groups excluding carboxylic acids is 4. The third-order valence-electron chi connectivity index (χ3n) is 14.3. The lowest BCUT2D eigenvalue weighted by Gasteiger charge is -2.42. The fraction of sp³-hybridized carbons (Fsp3) is 0.831. The Kier molecular flexibility index (Phi) is 52.8. The summed E-state index contributed by atoms with van der Waals surface area (Å²) in [6, 6.07) is 0. The molecule has 0 spiro atoms. The van der Waals surface area contributed by atoms with Gasteiger partial charge in [0.05, 0.1) is 6.42 Å². The zero-order chi connectivity index (χ0) is 55.0. The van der Waals surface area contributed by atoms with Crippen LogP contribution in [0.2, 0.25) is 0 Å². The smallest absolute Gasteiger partial charge is 0.305 e. The van der Waals surface area contributed by atoms with E-state index in [1.54, 1.807) is 0 Å². The molecule has 0 aromatic heterocycles. The Morgan fingerprint density at radius 2 is 0.587 bits per heavy atom. The number of unbranched alkanes of at least 4 members (excludes halogenated alkanes) is 33. The average molecular weight is 1060 g/mol. The molecule has 436 valence electrons. The molecule has 0 aromatic rings. The lowest BCUT2D eigenvalue weighted by atomic mass is 9.98. The lowest BCUT2D eigenvalue weighted by Crippen LogP contribution is -2.61. The predicted octanol–water partition coefficient (Wildman–Crippen LogP) is 18.6. The first-order valence-corrected chi connectivity index (χ1v) is 31.6. The lowest BCUT2D eigenvalue weighted by molar-refractivity contribution is -0.172. The van der Waals surface area contributed by atoms with Gasteiger partial charge in [0.15, 0.2) is 0 Å². The number of allylic oxidation sites excluding steroid dienone is 6. The first kappa shape index (κ1) is 71.6. The van der Waals surface area contributed by atoms with Crippen LogP contribution >= 0.6 is 0 Å². The van der Waals surface area contributed by atoms with Crippen molar-refractivity contribution in [1.29, 1.82) is 0 Å². The van der Waals surface area contributed by atoms with Gasteiger partial charge in [0, 0.05) is 32.2 Å². The van der Waals surface area contributed by atoms with Gasteiger partial charge in [-0.25, -0.2) is 0 Å². The van der Waals surface area contributed by atoms with E-state index in [1.165, 1.54) is 120 Å². The maximum atomic E-state index is 13.9. The molecule has 0 saturated carbocycles. The Hall–Kier alpha value is -3.43. The summed E-state index contributed by atoms with van der Waals surface area (Å²) in [5, 5.41) is 9.51. The highest BCUT2D eigenvalue weighted by atomic mass is 16.6. The number of amides is 1. The number of ether oxygens (including phenoxy) is 3. The van der Waals surface area contributed by atoms with E-state index in [-0.39, 0.29) is 52.0 Å². The van der Waals surface area contributed by atoms with Gasteiger partial charge in [-0.05, 0) is 103 Å². The third kappa shape index (κ3) is 47.5. The van der Waals surface area contributed by atoms with Gasteiger partial charge < -0.3 is 24.2 Å². The molecule has 10 heteroatoms. The zero-order valence-electron chi connectivity index (χ0n) is 49.3. The highest BCUT2D eigenvalue weighted by Crippen LogP contribution is 2.24. The zero-order valence-corrected chi connectivity index (χ0v) is 49.3. The van der Waals surface area contributed by atoms with E-state index < -0.39 is 41.7 Å². The van der Waals surface area contributed by atoms with E-state index in [1.807, 2.05) is 6.92 Å². The molecular weight excluding hydrogens is 939 g/mol. The highest BCUT2D eigenvalue weighted by molar-refractivity contribution is 5.81. The average Bonchev–Trinajstić information content (AvgIpc) is 3.40. The molecule has 0 aliphatic rings. The second-order valence-electron chi connectivity index (χ2n) is 21.6. The first-order valence-electron chi connectivity index (χ1n) is 31.6. The molecule has 0 rings (SSSR count). The van der Waals surface area contributed by atoms with Crippen LogP contribution in [-0.4, -0.2) is 71.7 Å². The number of rotatable bonds is 57. The summed E-state index contributed by atoms with van der Waals surface area (Å²) in [7, 11) is 0. The number of aliphatic carboxylic acids is 1. The number of carboxylic acid groups (broad SMARTS) is 1. The molecule has 0 fully saturated rings. The summed E-state index contributed by atoms with van der Waals surface area (Å²) in [6.45, 7) is 7.75. The SMILES string of the molecule is CCCCCCCC/C=C/CCCCCCCC(=O)OCC(COC(=O)CCCCCCC/C=C/CCCCCCCC)(COC(=O)CCCCCCC/C=C/CCCCCCCC)N(CCC)C(=O)CCC(=O)O. The summed E-state index contributed by atoms with van der Waals surface area (Å²) in [4.78, 5) is 67.1. The molecule has 1 amide bonds. The van der Waals surface area contributed by atoms with E-state index >= 15 is 0 Å². The normalized spacial score (nSPS) is 11.8. The molecule has 10 nitrogen and oxygen atoms in total. The molecule has 0 bridgehead atoms. The number of esters is 3. The highest BCUT2D eigenvalue weighted by Gasteiger charge is 2.44. The number of hydrogen-bond acceptors (Lipinski definition) is 8. The first-order chi connectivity index (χ1) is 36.6. The van der Waals surface area contributed by atoms with Crippen molar-refractivity contribution >= 4 is 29.8 Å². The molecule has 0 heterocycles. The second-order valence-corrected chi connectivity index (χ2v) is 21.6. The molecular formula is C65H117NO9. The summed E-state index contributed by atoms with van der Waals surface area (Å²) < 4.78 is 17.8. The molecule has 0 aromatic carbocycles. The van der Waals surface area contributed by atoms with Crippen molar-refractivity contribution in [3.05, 3.63) is 36.5 Å². The van der Waals surface area contributed by atoms with Gasteiger partial charge in [-0.15, -0.1) is 0 Å². The molecule has 0 radical (unpaired) electrons. The Bertz CT molecular complexity index is 1300. The fourth-order valence-electron chi connectivity index (χ4n) is 9.44. The van der Waals surface area contributed by atoms with Gasteiger partial charge in [0.1, 0.15) is 25.4 Å². The van der Waals surface area contributed by atoms with Crippen LogP contribution in [0.15, 0.2) is 36.5 Å². The van der Waals surface area contributed by atoms with Crippen molar-refractivity contribution in [3.63, 3.8) is 0 Å². The van der Waals surface area contributed by atoms with E-state index in [4.69, 9.17) is 14.2 Å². The van der Waals surface area contributed by atoms with E-state index in [0.717, 1.165) is 116 Å². The van der Waals surface area contributed by atoms with Crippen LogP contribution in [0.1, 0.15) is 317 Å². The van der Waals surface area contributed by atoms with Crippen molar-refractivity contribution in [2.75, 3.05) is 26.4 Å². The van der Waals surface area contributed by atoms with Gasteiger partial charge in [-0.3, -0.25) is 24.0 Å². The number of hydrogen-bond donors (Lipinski definition) is 1. The van der Waals surface area contributed by atoms with Crippen LogP contribution < -0.4 is 0 Å². The molecule has 0 aliphatic carbocycles. The Labute approximate surface area is 461 Å². The largest absolute Gasteiger partial charge is 0.481 e. The predicted molar refractivity (Wildman–Crippen MR) is 313 cm³/mol. The quantitative estimate of drug-likeness (QED) is 0.0273. The van der Waals surface area contributed by atoms with Gasteiger partial charge in [0.25, 0.3) is 0 Å². The van der Waals surface area contributed by atoms with Crippen LogP contribution in [0, 0.1) is 0 Å². The van der Waals surface area contributed by atoms with Crippen LogP contribution in [0.3, 0.4) is 0 Å². The standard InChI is InChI=1S/C65H117NO9/c1-5-9-12-15-18-21-24-27-30-33-36-39-42-45-48-51-62(70)73-57-65(66(56-8-4)60(67)54-55-61(68)69,58-74-63(71)52-49-46-43-40-37-34-31-28-25-22-19-16-13-10-6-2)59-75-64(72)53-50-47-44-41-38-35-32-29-26-23-20-17-14-11-7-3/h27-32H,5-26,33-59H2,1-4H3,(H,68,69)/b30-27+,31-28+,32-29+. The summed E-state index contributed by atoms with van der Waals surface area (Å²) in [6.07, 6.45) is 58.9.